The third-order valence-electron chi connectivity index (χ3n) is 4.01. The molecule has 0 bridgehead atoms. The Balaban J connectivity index is 2.38. The van der Waals surface area contributed by atoms with Crippen molar-refractivity contribution in [3.05, 3.63) is 0 Å². The maximum Gasteiger partial charge on any atom is 0.0223 e. The second-order valence-electron chi connectivity index (χ2n) is 5.92. The zero-order valence-corrected chi connectivity index (χ0v) is 11.8. The average Bonchev–Trinajstić information content (AvgIpc) is 2.25. The van der Waals surface area contributed by atoms with Crippen LogP contribution in [0.4, 0.5) is 0 Å². The highest BCUT2D eigenvalue weighted by molar-refractivity contribution is 4.82. The van der Waals surface area contributed by atoms with Crippen molar-refractivity contribution in [2.75, 3.05) is 13.1 Å². The second-order valence-corrected chi connectivity index (χ2v) is 5.92. The van der Waals surface area contributed by atoms with E-state index in [4.69, 9.17) is 0 Å². The van der Waals surface area contributed by atoms with Crippen molar-refractivity contribution in [2.45, 2.75) is 72.0 Å². The van der Waals surface area contributed by atoms with Crippen LogP contribution in [0, 0.1) is 5.92 Å². The molecule has 1 aliphatic heterocycles. The van der Waals surface area contributed by atoms with E-state index in [2.05, 4.69) is 44.8 Å². The van der Waals surface area contributed by atoms with Crippen molar-refractivity contribution in [3.8, 4) is 0 Å². The van der Waals surface area contributed by atoms with Gasteiger partial charge in [0, 0.05) is 24.7 Å². The predicted octanol–water partition coefficient (Wildman–Crippen LogP) is 2.88. The van der Waals surface area contributed by atoms with Gasteiger partial charge < -0.3 is 5.32 Å². The molecule has 1 aliphatic rings. The number of piperidine rings is 1. The molecule has 1 fully saturated rings. The fourth-order valence-electron chi connectivity index (χ4n) is 2.48. The van der Waals surface area contributed by atoms with Crippen molar-refractivity contribution in [1.82, 2.24) is 10.2 Å². The van der Waals surface area contributed by atoms with E-state index in [0.717, 1.165) is 18.5 Å². The first-order valence-electron chi connectivity index (χ1n) is 7.01. The topological polar surface area (TPSA) is 15.3 Å². The van der Waals surface area contributed by atoms with Crippen LogP contribution < -0.4 is 5.32 Å². The van der Waals surface area contributed by atoms with E-state index >= 15 is 0 Å². The van der Waals surface area contributed by atoms with Gasteiger partial charge in [-0.15, -0.1) is 0 Å². The molecular weight excluding hydrogens is 196 g/mol. The molecule has 0 amide bonds. The Morgan fingerprint density at radius 2 is 1.81 bits per heavy atom. The summed E-state index contributed by atoms with van der Waals surface area (Å²) < 4.78 is 0. The summed E-state index contributed by atoms with van der Waals surface area (Å²) in [5, 5.41) is 3.69. The number of hydrogen-bond acceptors (Lipinski definition) is 2. The highest BCUT2D eigenvalue weighted by Crippen LogP contribution is 2.19. The first-order valence-corrected chi connectivity index (χ1v) is 7.01. The van der Waals surface area contributed by atoms with Crippen LogP contribution in [0.25, 0.3) is 0 Å². The highest BCUT2D eigenvalue weighted by Gasteiger charge is 2.24. The number of nitrogens with zero attached hydrogens (tertiary/aromatic N) is 1. The van der Waals surface area contributed by atoms with Crippen molar-refractivity contribution < 1.29 is 0 Å². The summed E-state index contributed by atoms with van der Waals surface area (Å²) in [5.74, 6) is 0.732. The summed E-state index contributed by atoms with van der Waals surface area (Å²) in [6.07, 6.45) is 4.16. The van der Waals surface area contributed by atoms with Crippen LogP contribution in [0.3, 0.4) is 0 Å². The zero-order chi connectivity index (χ0) is 12.1. The van der Waals surface area contributed by atoms with Crippen LogP contribution in [-0.4, -0.2) is 36.1 Å². The largest absolute Gasteiger partial charge is 0.312 e. The van der Waals surface area contributed by atoms with Gasteiger partial charge in [0.15, 0.2) is 0 Å². The molecule has 2 nitrogen and oxygen atoms in total. The lowest BCUT2D eigenvalue weighted by molar-refractivity contribution is 0.107. The van der Waals surface area contributed by atoms with Gasteiger partial charge in [0.2, 0.25) is 0 Å². The van der Waals surface area contributed by atoms with Crippen LogP contribution in [0.1, 0.15) is 53.9 Å². The van der Waals surface area contributed by atoms with Gasteiger partial charge in [-0.1, -0.05) is 20.3 Å². The normalized spacial score (nSPS) is 25.3. The Morgan fingerprint density at radius 1 is 1.12 bits per heavy atom. The van der Waals surface area contributed by atoms with Gasteiger partial charge in [0.05, 0.1) is 0 Å². The molecule has 16 heavy (non-hydrogen) atoms. The maximum atomic E-state index is 3.69. The van der Waals surface area contributed by atoms with E-state index in [-0.39, 0.29) is 0 Å². The van der Waals surface area contributed by atoms with E-state index in [1.54, 1.807) is 0 Å². The summed E-state index contributed by atoms with van der Waals surface area (Å²) in [6, 6.07) is 2.09. The lowest BCUT2D eigenvalue weighted by Crippen LogP contribution is -2.50. The Hall–Kier alpha value is -0.0800. The lowest BCUT2D eigenvalue weighted by Gasteiger charge is -2.39. The zero-order valence-electron chi connectivity index (χ0n) is 11.8. The minimum Gasteiger partial charge on any atom is -0.312 e. The van der Waals surface area contributed by atoms with Gasteiger partial charge in [0.25, 0.3) is 0 Å². The molecule has 96 valence electrons. The molecule has 1 N–H and O–H groups in total. The summed E-state index contributed by atoms with van der Waals surface area (Å²) in [5.41, 5.74) is 0. The first-order chi connectivity index (χ1) is 7.52. The third kappa shape index (κ3) is 4.06. The molecule has 2 atom stereocenters. The average molecular weight is 226 g/mol. The van der Waals surface area contributed by atoms with Gasteiger partial charge in [-0.25, -0.2) is 0 Å². The number of hydrogen-bond donors (Lipinski definition) is 1. The Bertz CT molecular complexity index is 189. The third-order valence-corrected chi connectivity index (χ3v) is 4.01. The maximum absolute atomic E-state index is 3.69. The van der Waals surface area contributed by atoms with Gasteiger partial charge in [-0.3, -0.25) is 4.90 Å². The fraction of sp³-hybridized carbons (Fsp3) is 1.00. The Labute approximate surface area is 102 Å². The van der Waals surface area contributed by atoms with E-state index in [0.29, 0.717) is 12.1 Å². The summed E-state index contributed by atoms with van der Waals surface area (Å²) in [7, 11) is 0. The molecule has 1 saturated heterocycles. The molecule has 0 saturated carbocycles. The molecule has 0 aromatic carbocycles. The molecule has 0 aromatic heterocycles. The SMILES string of the molecule is CC(C)C(C)NCC1CCCCN1C(C)C. The van der Waals surface area contributed by atoms with Crippen molar-refractivity contribution in [1.29, 1.82) is 0 Å². The number of nitrogens with one attached hydrogen (secondary N) is 1. The molecule has 0 spiro atoms. The molecule has 0 radical (unpaired) electrons. The lowest BCUT2D eigenvalue weighted by atomic mass is 9.99. The number of rotatable bonds is 5. The van der Waals surface area contributed by atoms with E-state index in [1.165, 1.54) is 25.8 Å². The molecule has 2 heteroatoms. The van der Waals surface area contributed by atoms with Crippen LogP contribution in [0.15, 0.2) is 0 Å². The molecule has 0 aliphatic carbocycles. The van der Waals surface area contributed by atoms with Gasteiger partial charge in [-0.2, -0.15) is 0 Å². The van der Waals surface area contributed by atoms with E-state index in [1.807, 2.05) is 0 Å². The van der Waals surface area contributed by atoms with Crippen LogP contribution in [-0.2, 0) is 0 Å². The van der Waals surface area contributed by atoms with Crippen molar-refractivity contribution in [3.63, 3.8) is 0 Å². The summed E-state index contributed by atoms with van der Waals surface area (Å²) in [6.45, 7) is 14.0. The van der Waals surface area contributed by atoms with Gasteiger partial charge in [-0.05, 0) is 46.1 Å². The molecule has 0 aromatic rings. The summed E-state index contributed by atoms with van der Waals surface area (Å²) >= 11 is 0. The monoisotopic (exact) mass is 226 g/mol. The smallest absolute Gasteiger partial charge is 0.0223 e. The van der Waals surface area contributed by atoms with Crippen LogP contribution in [0.2, 0.25) is 0 Å². The molecule has 1 rings (SSSR count). The van der Waals surface area contributed by atoms with E-state index < -0.39 is 0 Å². The quantitative estimate of drug-likeness (QED) is 0.775. The summed E-state index contributed by atoms with van der Waals surface area (Å²) in [4.78, 5) is 2.67. The van der Waals surface area contributed by atoms with Crippen LogP contribution >= 0.6 is 0 Å². The Kier molecular flexibility index (Phi) is 5.77. The van der Waals surface area contributed by atoms with Gasteiger partial charge >= 0.3 is 0 Å². The van der Waals surface area contributed by atoms with Crippen molar-refractivity contribution >= 4 is 0 Å². The molecular formula is C14H30N2. The Morgan fingerprint density at radius 3 is 2.38 bits per heavy atom. The number of likely N-dealkylation sites (tertiary alicyclic amines) is 1. The minimum atomic E-state index is 0.635. The molecule has 1 heterocycles. The highest BCUT2D eigenvalue weighted by atomic mass is 15.2. The second kappa shape index (κ2) is 6.61. The van der Waals surface area contributed by atoms with E-state index in [9.17, 15) is 0 Å². The van der Waals surface area contributed by atoms with Gasteiger partial charge in [0.1, 0.15) is 0 Å². The van der Waals surface area contributed by atoms with Crippen LogP contribution in [0.5, 0.6) is 0 Å². The predicted molar refractivity (Wildman–Crippen MR) is 71.8 cm³/mol. The first kappa shape index (κ1) is 14.0. The molecule has 2 unspecified atom stereocenters. The fourth-order valence-corrected chi connectivity index (χ4v) is 2.48. The standard InChI is InChI=1S/C14H30N2/c1-11(2)13(5)15-10-14-8-6-7-9-16(14)12(3)4/h11-15H,6-10H2,1-5H3. The van der Waals surface area contributed by atoms with Crippen molar-refractivity contribution in [2.24, 2.45) is 5.92 Å². The minimum absolute atomic E-state index is 0.635.